The molecule has 0 aliphatic carbocycles. The number of hydrogen-bond acceptors (Lipinski definition) is 6. The third-order valence-corrected chi connectivity index (χ3v) is 5.94. The van der Waals surface area contributed by atoms with Gasteiger partial charge in [-0.3, -0.25) is 19.7 Å². The summed E-state index contributed by atoms with van der Waals surface area (Å²) >= 11 is 0. The van der Waals surface area contributed by atoms with Gasteiger partial charge in [0.15, 0.2) is 0 Å². The van der Waals surface area contributed by atoms with Crippen LogP contribution in [0.4, 0.5) is 15.8 Å². The summed E-state index contributed by atoms with van der Waals surface area (Å²) in [5.74, 6) is -1.63. The zero-order chi connectivity index (χ0) is 20.3. The zero-order valence-corrected chi connectivity index (χ0v) is 15.3. The Hall–Kier alpha value is -3.17. The van der Waals surface area contributed by atoms with Crippen LogP contribution in [0, 0.1) is 21.8 Å². The Morgan fingerprint density at radius 1 is 0.897 bits per heavy atom. The van der Waals surface area contributed by atoms with E-state index in [1.807, 2.05) is 10.0 Å². The van der Waals surface area contributed by atoms with E-state index in [-0.39, 0.29) is 29.4 Å². The number of nitro benzene ring substituents is 1. The average Bonchev–Trinajstić information content (AvgIpc) is 3.35. The lowest BCUT2D eigenvalue weighted by Gasteiger charge is -2.29. The smallest absolute Gasteiger partial charge is 0.269 e. The second kappa shape index (κ2) is 6.43. The highest BCUT2D eigenvalue weighted by molar-refractivity contribution is 6.24. The quantitative estimate of drug-likeness (QED) is 0.449. The van der Waals surface area contributed by atoms with Crippen LogP contribution in [0.1, 0.15) is 18.0 Å². The molecule has 8 nitrogen and oxygen atoms in total. The number of hydrogen-bond donors (Lipinski definition) is 0. The van der Waals surface area contributed by atoms with E-state index in [4.69, 9.17) is 0 Å². The Bertz CT molecular complexity index is 1010. The van der Waals surface area contributed by atoms with E-state index in [9.17, 15) is 24.1 Å². The molecule has 0 bridgehead atoms. The molecule has 3 heterocycles. The van der Waals surface area contributed by atoms with E-state index in [2.05, 4.69) is 0 Å². The van der Waals surface area contributed by atoms with Crippen molar-refractivity contribution in [3.05, 3.63) is 70.0 Å². The van der Waals surface area contributed by atoms with E-state index in [0.717, 1.165) is 23.4 Å². The lowest BCUT2D eigenvalue weighted by Crippen LogP contribution is -2.44. The molecular formula is C20H17FN4O4. The fourth-order valence-corrected chi connectivity index (χ4v) is 4.75. The van der Waals surface area contributed by atoms with E-state index in [1.165, 1.54) is 36.4 Å². The van der Waals surface area contributed by atoms with Crippen LogP contribution >= 0.6 is 0 Å². The largest absolute Gasteiger partial charge is 0.274 e. The number of anilines is 1. The van der Waals surface area contributed by atoms with Crippen molar-refractivity contribution in [3.8, 4) is 0 Å². The molecule has 3 aliphatic rings. The first-order valence-electron chi connectivity index (χ1n) is 9.38. The maximum Gasteiger partial charge on any atom is 0.269 e. The number of nitro groups is 1. The summed E-state index contributed by atoms with van der Waals surface area (Å²) < 4.78 is 13.4. The van der Waals surface area contributed by atoms with Gasteiger partial charge in [-0.05, 0) is 36.2 Å². The minimum absolute atomic E-state index is 0.108. The SMILES string of the molecule is O=C1[C@@H]2[C@@H](c3ccc(F)cc3)N3CCCN3[C@H]2C(=O)N1c1ccc([N+](=O)[O-])cc1. The summed E-state index contributed by atoms with van der Waals surface area (Å²) in [6.45, 7) is 1.40. The molecule has 2 amide bonds. The molecular weight excluding hydrogens is 379 g/mol. The molecule has 29 heavy (non-hydrogen) atoms. The first kappa shape index (κ1) is 17.9. The summed E-state index contributed by atoms with van der Waals surface area (Å²) in [4.78, 5) is 38.1. The van der Waals surface area contributed by atoms with Crippen molar-refractivity contribution in [2.75, 3.05) is 18.0 Å². The molecule has 0 saturated carbocycles. The number of imide groups is 1. The third-order valence-electron chi connectivity index (χ3n) is 5.94. The van der Waals surface area contributed by atoms with Gasteiger partial charge in [0, 0.05) is 25.2 Å². The lowest BCUT2D eigenvalue weighted by atomic mass is 9.90. The van der Waals surface area contributed by atoms with Crippen LogP contribution in [-0.4, -0.2) is 45.9 Å². The average molecular weight is 396 g/mol. The molecule has 0 aromatic heterocycles. The van der Waals surface area contributed by atoms with Gasteiger partial charge in [0.05, 0.1) is 22.6 Å². The normalized spacial score (nSPS) is 26.8. The topological polar surface area (TPSA) is 87.0 Å². The molecule has 3 fully saturated rings. The summed E-state index contributed by atoms with van der Waals surface area (Å²) in [5, 5.41) is 14.9. The predicted molar refractivity (Wildman–Crippen MR) is 100 cm³/mol. The number of benzene rings is 2. The number of non-ortho nitro benzene ring substituents is 1. The Labute approximate surface area is 165 Å². The first-order chi connectivity index (χ1) is 14.0. The fraction of sp³-hybridized carbons (Fsp3) is 0.300. The summed E-state index contributed by atoms with van der Waals surface area (Å²) in [7, 11) is 0. The first-order valence-corrected chi connectivity index (χ1v) is 9.38. The standard InChI is InChI=1S/C20H17FN4O4/c21-13-4-2-12(3-5-13)17-16-18(23-11-1-10-22(17)23)20(27)24(19(16)26)14-6-8-15(9-7-14)25(28)29/h2-9,16-18H,1,10-11H2/t16-,17-,18-/m1/s1. The van der Waals surface area contributed by atoms with Gasteiger partial charge >= 0.3 is 0 Å². The van der Waals surface area contributed by atoms with E-state index in [0.29, 0.717) is 12.2 Å². The molecule has 0 spiro atoms. The van der Waals surface area contributed by atoms with Gasteiger partial charge in [-0.15, -0.1) is 0 Å². The second-order valence-corrected chi connectivity index (χ2v) is 7.43. The number of rotatable bonds is 3. The molecule has 2 aromatic rings. The fourth-order valence-electron chi connectivity index (χ4n) is 4.75. The number of fused-ring (bicyclic) bond motifs is 3. The molecule has 3 saturated heterocycles. The predicted octanol–water partition coefficient (Wildman–Crippen LogP) is 2.27. The molecule has 9 heteroatoms. The molecule has 3 aliphatic heterocycles. The van der Waals surface area contributed by atoms with Gasteiger partial charge in [0.1, 0.15) is 11.9 Å². The molecule has 2 aromatic carbocycles. The van der Waals surface area contributed by atoms with Gasteiger partial charge in [-0.25, -0.2) is 19.3 Å². The Morgan fingerprint density at radius 3 is 2.14 bits per heavy atom. The van der Waals surface area contributed by atoms with Crippen LogP contribution in [0.15, 0.2) is 48.5 Å². The van der Waals surface area contributed by atoms with Crippen molar-refractivity contribution in [3.63, 3.8) is 0 Å². The monoisotopic (exact) mass is 396 g/mol. The van der Waals surface area contributed by atoms with Crippen LogP contribution in [0.2, 0.25) is 0 Å². The minimum atomic E-state index is -0.616. The van der Waals surface area contributed by atoms with Crippen molar-refractivity contribution >= 4 is 23.2 Å². The maximum atomic E-state index is 13.4. The van der Waals surface area contributed by atoms with Gasteiger partial charge < -0.3 is 0 Å². The van der Waals surface area contributed by atoms with Crippen molar-refractivity contribution in [2.45, 2.75) is 18.5 Å². The highest BCUT2D eigenvalue weighted by atomic mass is 19.1. The Kier molecular flexibility index (Phi) is 3.97. The number of amides is 2. The highest BCUT2D eigenvalue weighted by Crippen LogP contribution is 2.48. The summed E-state index contributed by atoms with van der Waals surface area (Å²) in [5.41, 5.74) is 1.00. The van der Waals surface area contributed by atoms with Crippen molar-refractivity contribution in [2.24, 2.45) is 5.92 Å². The number of halogens is 1. The second-order valence-electron chi connectivity index (χ2n) is 7.43. The Morgan fingerprint density at radius 2 is 1.52 bits per heavy atom. The van der Waals surface area contributed by atoms with Crippen LogP contribution in [0.3, 0.4) is 0 Å². The van der Waals surface area contributed by atoms with Gasteiger partial charge in [0.2, 0.25) is 5.91 Å². The molecule has 5 rings (SSSR count). The molecule has 0 N–H and O–H groups in total. The maximum absolute atomic E-state index is 13.4. The molecule has 0 unspecified atom stereocenters. The number of carbonyl (C=O) groups excluding carboxylic acids is 2. The van der Waals surface area contributed by atoms with Crippen LogP contribution in [0.5, 0.6) is 0 Å². The van der Waals surface area contributed by atoms with Gasteiger partial charge in [-0.2, -0.15) is 0 Å². The van der Waals surface area contributed by atoms with E-state index in [1.54, 1.807) is 12.1 Å². The van der Waals surface area contributed by atoms with E-state index >= 15 is 0 Å². The summed E-state index contributed by atoms with van der Waals surface area (Å²) in [6.07, 6.45) is 0.875. The van der Waals surface area contributed by atoms with Gasteiger partial charge in [-0.1, -0.05) is 12.1 Å². The zero-order valence-electron chi connectivity index (χ0n) is 15.3. The number of nitrogens with zero attached hydrogens (tertiary/aromatic N) is 4. The number of hydrazine groups is 1. The lowest BCUT2D eigenvalue weighted by molar-refractivity contribution is -0.384. The summed E-state index contributed by atoms with van der Waals surface area (Å²) in [6, 6.07) is 10.5. The minimum Gasteiger partial charge on any atom is -0.274 e. The van der Waals surface area contributed by atoms with Crippen molar-refractivity contribution in [1.29, 1.82) is 0 Å². The van der Waals surface area contributed by atoms with Crippen molar-refractivity contribution < 1.29 is 18.9 Å². The van der Waals surface area contributed by atoms with Gasteiger partial charge in [0.25, 0.3) is 11.6 Å². The molecule has 0 radical (unpaired) electrons. The van der Waals surface area contributed by atoms with E-state index < -0.39 is 16.9 Å². The van der Waals surface area contributed by atoms with Crippen LogP contribution in [-0.2, 0) is 9.59 Å². The molecule has 3 atom stereocenters. The van der Waals surface area contributed by atoms with Crippen molar-refractivity contribution in [1.82, 2.24) is 10.0 Å². The van der Waals surface area contributed by atoms with Crippen LogP contribution in [0.25, 0.3) is 0 Å². The highest BCUT2D eigenvalue weighted by Gasteiger charge is 2.62. The van der Waals surface area contributed by atoms with Crippen LogP contribution < -0.4 is 4.90 Å². The Balaban J connectivity index is 1.54. The third kappa shape index (κ3) is 2.58. The molecule has 148 valence electrons. The number of carbonyl (C=O) groups is 2.